The number of benzene rings is 2. The van der Waals surface area contributed by atoms with Crippen molar-refractivity contribution in [2.24, 2.45) is 5.92 Å². The number of allylic oxidation sites excluding steroid dienone is 2. The molecule has 216 valence electrons. The third kappa shape index (κ3) is 5.25. The van der Waals surface area contributed by atoms with Gasteiger partial charge in [-0.2, -0.15) is 0 Å². The lowest BCUT2D eigenvalue weighted by Gasteiger charge is -2.31. The minimum atomic E-state index is -2.90. The molecule has 6 rings (SSSR count). The van der Waals surface area contributed by atoms with Gasteiger partial charge in [-0.15, -0.1) is 0 Å². The largest absolute Gasteiger partial charge is 0.492 e. The number of nitrogens with zero attached hydrogens (tertiary/aromatic N) is 3. The van der Waals surface area contributed by atoms with Crippen LogP contribution in [0.4, 0.5) is 19.0 Å². The molecule has 0 radical (unpaired) electrons. The summed E-state index contributed by atoms with van der Waals surface area (Å²) in [5.74, 6) is 1.09. The van der Waals surface area contributed by atoms with Crippen molar-refractivity contribution < 1.29 is 27.4 Å². The van der Waals surface area contributed by atoms with Gasteiger partial charge in [0.25, 0.3) is 6.43 Å². The number of hydrogen-bond acceptors (Lipinski definition) is 6. The average molecular weight is 567 g/mol. The Morgan fingerprint density at radius 3 is 2.63 bits per heavy atom. The Labute approximate surface area is 236 Å². The summed E-state index contributed by atoms with van der Waals surface area (Å²) in [5.41, 5.74) is 3.36. The lowest BCUT2D eigenvalue weighted by Crippen LogP contribution is -2.44. The van der Waals surface area contributed by atoms with Crippen molar-refractivity contribution in [3.8, 4) is 5.75 Å². The fourth-order valence-corrected chi connectivity index (χ4v) is 6.13. The van der Waals surface area contributed by atoms with Crippen molar-refractivity contribution in [2.75, 3.05) is 38.2 Å². The van der Waals surface area contributed by atoms with E-state index in [-0.39, 0.29) is 17.4 Å². The SMILES string of the molecule is Cc1nc(N[C@H](C)c2cccc(C(F)F)c2F)c2cc(C3=CCC(C(=O)N4CCOCC4)CC3)c3c(c2n1)CCO3. The summed E-state index contributed by atoms with van der Waals surface area (Å²) >= 11 is 0. The third-order valence-corrected chi connectivity index (χ3v) is 8.29. The molecule has 7 nitrogen and oxygen atoms in total. The standard InChI is InChI=1S/C31H33F3N4O3/c1-17(21-4-3-5-22(26(21)32)29(33)34)35-30-25-16-24(28-23(10-13-41-28)27(25)36-18(2)37-30)19-6-8-20(9-7-19)31(39)38-11-14-40-15-12-38/h3-6,16-17,20,29H,7-15H2,1-2H3,(H,35,36,37)/t17-,20?/m1/s1. The number of nitrogens with one attached hydrogen (secondary N) is 1. The highest BCUT2D eigenvalue weighted by atomic mass is 19.3. The van der Waals surface area contributed by atoms with E-state index in [9.17, 15) is 18.0 Å². The van der Waals surface area contributed by atoms with Gasteiger partial charge in [0.05, 0.1) is 36.9 Å². The van der Waals surface area contributed by atoms with E-state index in [1.165, 1.54) is 12.1 Å². The molecule has 10 heteroatoms. The van der Waals surface area contributed by atoms with Crippen molar-refractivity contribution in [1.82, 2.24) is 14.9 Å². The molecule has 41 heavy (non-hydrogen) atoms. The van der Waals surface area contributed by atoms with Crippen LogP contribution in [-0.2, 0) is 16.0 Å². The molecule has 1 N–H and O–H groups in total. The zero-order chi connectivity index (χ0) is 28.7. The van der Waals surface area contributed by atoms with Crippen LogP contribution in [0.5, 0.6) is 5.75 Å². The molecule has 3 heterocycles. The molecule has 1 aliphatic carbocycles. The van der Waals surface area contributed by atoms with Crippen molar-refractivity contribution in [3.63, 3.8) is 0 Å². The van der Waals surface area contributed by atoms with E-state index in [1.54, 1.807) is 13.8 Å². The van der Waals surface area contributed by atoms with Crippen LogP contribution in [0.25, 0.3) is 16.5 Å². The second-order valence-corrected chi connectivity index (χ2v) is 10.9. The highest BCUT2D eigenvalue weighted by Crippen LogP contribution is 2.44. The number of hydrogen-bond donors (Lipinski definition) is 1. The Morgan fingerprint density at radius 1 is 1.12 bits per heavy atom. The first-order valence-corrected chi connectivity index (χ1v) is 14.2. The van der Waals surface area contributed by atoms with Crippen LogP contribution in [0.2, 0.25) is 0 Å². The second-order valence-electron chi connectivity index (χ2n) is 10.9. The highest BCUT2D eigenvalue weighted by molar-refractivity contribution is 5.97. The van der Waals surface area contributed by atoms with Gasteiger partial charge in [0.15, 0.2) is 0 Å². The number of fused-ring (bicyclic) bond motifs is 3. The van der Waals surface area contributed by atoms with E-state index < -0.39 is 23.8 Å². The fourth-order valence-electron chi connectivity index (χ4n) is 6.13. The highest BCUT2D eigenvalue weighted by Gasteiger charge is 2.30. The number of carbonyl (C=O) groups is 1. The third-order valence-electron chi connectivity index (χ3n) is 8.29. The van der Waals surface area contributed by atoms with E-state index in [4.69, 9.17) is 14.5 Å². The number of amides is 1. The van der Waals surface area contributed by atoms with Gasteiger partial charge in [0, 0.05) is 47.5 Å². The lowest BCUT2D eigenvalue weighted by molar-refractivity contribution is -0.139. The Bertz CT molecular complexity index is 1520. The Kier molecular flexibility index (Phi) is 7.59. The molecule has 2 aliphatic heterocycles. The van der Waals surface area contributed by atoms with Gasteiger partial charge in [0.1, 0.15) is 23.2 Å². The molecule has 3 aliphatic rings. The van der Waals surface area contributed by atoms with Crippen LogP contribution in [0.1, 0.15) is 66.7 Å². The van der Waals surface area contributed by atoms with Crippen LogP contribution >= 0.6 is 0 Å². The first-order valence-electron chi connectivity index (χ1n) is 14.2. The molecule has 3 aromatic rings. The molecule has 1 unspecified atom stereocenters. The molecule has 1 fully saturated rings. The maximum absolute atomic E-state index is 15.0. The molecule has 0 spiro atoms. The second kappa shape index (κ2) is 11.3. The van der Waals surface area contributed by atoms with Crippen molar-refractivity contribution in [1.29, 1.82) is 0 Å². The average Bonchev–Trinajstić information content (AvgIpc) is 3.47. The van der Waals surface area contributed by atoms with E-state index in [0.717, 1.165) is 52.3 Å². The predicted molar refractivity (Wildman–Crippen MR) is 150 cm³/mol. The lowest BCUT2D eigenvalue weighted by atomic mass is 9.84. The quantitative estimate of drug-likeness (QED) is 0.385. The Hall–Kier alpha value is -3.66. The number of aryl methyl sites for hydroxylation is 1. The predicted octanol–water partition coefficient (Wildman–Crippen LogP) is 6.17. The monoisotopic (exact) mass is 566 g/mol. The minimum absolute atomic E-state index is 0.0470. The topological polar surface area (TPSA) is 76.6 Å². The summed E-state index contributed by atoms with van der Waals surface area (Å²) in [5, 5.41) is 4.04. The van der Waals surface area contributed by atoms with Crippen LogP contribution in [-0.4, -0.2) is 53.7 Å². The molecule has 0 bridgehead atoms. The van der Waals surface area contributed by atoms with Gasteiger partial charge in [0.2, 0.25) is 5.91 Å². The number of ether oxygens (including phenoxy) is 2. The van der Waals surface area contributed by atoms with Crippen LogP contribution in [0.15, 0.2) is 30.3 Å². The molecule has 2 atom stereocenters. The van der Waals surface area contributed by atoms with E-state index in [2.05, 4.69) is 16.4 Å². The Balaban J connectivity index is 1.34. The zero-order valence-electron chi connectivity index (χ0n) is 23.2. The summed E-state index contributed by atoms with van der Waals surface area (Å²) in [4.78, 5) is 24.3. The number of morpholine rings is 1. The van der Waals surface area contributed by atoms with Gasteiger partial charge in [-0.3, -0.25) is 4.79 Å². The first-order chi connectivity index (χ1) is 19.8. The molecule has 1 aromatic heterocycles. The summed E-state index contributed by atoms with van der Waals surface area (Å²) in [6.45, 7) is 6.51. The number of halogens is 3. The van der Waals surface area contributed by atoms with Gasteiger partial charge < -0.3 is 19.7 Å². The summed E-state index contributed by atoms with van der Waals surface area (Å²) in [7, 11) is 0. The number of anilines is 1. The number of carbonyl (C=O) groups excluding carboxylic acids is 1. The normalized spacial score (nSPS) is 19.6. The number of aromatic nitrogens is 2. The molecule has 2 aromatic carbocycles. The van der Waals surface area contributed by atoms with E-state index in [1.807, 2.05) is 11.0 Å². The maximum Gasteiger partial charge on any atom is 0.266 e. The Morgan fingerprint density at radius 2 is 1.90 bits per heavy atom. The fraction of sp³-hybridized carbons (Fsp3) is 0.452. The number of alkyl halides is 2. The van der Waals surface area contributed by atoms with E-state index in [0.29, 0.717) is 57.4 Å². The van der Waals surface area contributed by atoms with Crippen LogP contribution < -0.4 is 10.1 Å². The molecule has 1 amide bonds. The molecular formula is C31H33F3N4O3. The van der Waals surface area contributed by atoms with Gasteiger partial charge in [-0.25, -0.2) is 23.1 Å². The zero-order valence-corrected chi connectivity index (χ0v) is 23.2. The summed E-state index contributed by atoms with van der Waals surface area (Å²) in [6.07, 6.45) is 2.08. The summed E-state index contributed by atoms with van der Waals surface area (Å²) < 4.78 is 53.2. The first kappa shape index (κ1) is 27.5. The smallest absolute Gasteiger partial charge is 0.266 e. The maximum atomic E-state index is 15.0. The van der Waals surface area contributed by atoms with E-state index >= 15 is 0 Å². The number of rotatable bonds is 6. The van der Waals surface area contributed by atoms with Gasteiger partial charge >= 0.3 is 0 Å². The van der Waals surface area contributed by atoms with Gasteiger partial charge in [-0.05, 0) is 44.7 Å². The minimum Gasteiger partial charge on any atom is -0.492 e. The van der Waals surface area contributed by atoms with Crippen molar-refractivity contribution >= 4 is 28.2 Å². The molecular weight excluding hydrogens is 533 g/mol. The van der Waals surface area contributed by atoms with Crippen LogP contribution in [0, 0.1) is 18.7 Å². The van der Waals surface area contributed by atoms with Gasteiger partial charge in [-0.1, -0.05) is 24.3 Å². The molecule has 0 saturated carbocycles. The summed E-state index contributed by atoms with van der Waals surface area (Å²) in [6, 6.07) is 5.44. The van der Waals surface area contributed by atoms with Crippen molar-refractivity contribution in [3.05, 3.63) is 64.2 Å². The van der Waals surface area contributed by atoms with Crippen molar-refractivity contribution in [2.45, 2.75) is 52.0 Å². The van der Waals surface area contributed by atoms with Crippen LogP contribution in [0.3, 0.4) is 0 Å². The molecule has 1 saturated heterocycles.